The van der Waals surface area contributed by atoms with Crippen molar-refractivity contribution in [2.75, 3.05) is 6.61 Å². The van der Waals surface area contributed by atoms with Crippen molar-refractivity contribution >= 4 is 5.97 Å². The van der Waals surface area contributed by atoms with Gasteiger partial charge in [0.2, 0.25) is 0 Å². The fourth-order valence-electron chi connectivity index (χ4n) is 2.51. The summed E-state index contributed by atoms with van der Waals surface area (Å²) in [6.07, 6.45) is -4.29. The van der Waals surface area contributed by atoms with Crippen LogP contribution >= 0.6 is 0 Å². The molecule has 0 aromatic rings. The van der Waals surface area contributed by atoms with E-state index in [4.69, 9.17) is 0 Å². The summed E-state index contributed by atoms with van der Waals surface area (Å²) in [5.41, 5.74) is -2.74. The Balaban J connectivity index is 5.68. The highest BCUT2D eigenvalue weighted by atomic mass is 19.4. The quantitative estimate of drug-likeness (QED) is 0.306. The second-order valence-electron chi connectivity index (χ2n) is 9.06. The Kier molecular flexibility index (Phi) is 7.66. The molecule has 0 bridgehead atoms. The fourth-order valence-corrected chi connectivity index (χ4v) is 2.51. The van der Waals surface area contributed by atoms with E-state index in [2.05, 4.69) is 4.74 Å². The number of hydrogen-bond acceptors (Lipinski definition) is 2. The minimum absolute atomic E-state index is 0.133. The standard InChI is InChI=1S/C18H28F8O2/c1-8-14(5,6)9-15(7,13(2,3)4)12(27)28-10-16(21,22)18(25,26)17(23,24)11(19)20/h11H,8-10H2,1-7H3. The maximum atomic E-state index is 13.7. The molecule has 0 amide bonds. The lowest BCUT2D eigenvalue weighted by Crippen LogP contribution is -2.59. The molecule has 0 aliphatic rings. The normalized spacial score (nSPS) is 16.9. The molecule has 0 saturated carbocycles. The number of esters is 1. The number of carbonyl (C=O) groups is 1. The molecule has 1 atom stereocenters. The Morgan fingerprint density at radius 3 is 1.64 bits per heavy atom. The van der Waals surface area contributed by atoms with Crippen LogP contribution in [0.15, 0.2) is 0 Å². The molecule has 1 unspecified atom stereocenters. The van der Waals surface area contributed by atoms with Crippen LogP contribution < -0.4 is 0 Å². The Morgan fingerprint density at radius 2 is 1.32 bits per heavy atom. The Bertz CT molecular complexity index is 552. The van der Waals surface area contributed by atoms with Crippen molar-refractivity contribution in [2.24, 2.45) is 16.2 Å². The van der Waals surface area contributed by atoms with Gasteiger partial charge in [-0.05, 0) is 24.2 Å². The molecule has 10 heteroatoms. The second kappa shape index (κ2) is 7.97. The average molecular weight is 428 g/mol. The summed E-state index contributed by atoms with van der Waals surface area (Å²) in [4.78, 5) is 12.5. The molecule has 0 aliphatic carbocycles. The van der Waals surface area contributed by atoms with Crippen LogP contribution in [-0.2, 0) is 9.53 Å². The topological polar surface area (TPSA) is 26.3 Å². The number of ether oxygens (including phenoxy) is 1. The van der Waals surface area contributed by atoms with Gasteiger partial charge in [0.15, 0.2) is 6.61 Å². The SMILES string of the molecule is CCC(C)(C)CC(C)(C(=O)OCC(F)(F)C(F)(F)C(F)(F)C(F)F)C(C)(C)C. The van der Waals surface area contributed by atoms with E-state index in [0.717, 1.165) is 0 Å². The highest BCUT2D eigenvalue weighted by Crippen LogP contribution is 2.51. The summed E-state index contributed by atoms with van der Waals surface area (Å²) in [6, 6.07) is 0. The lowest BCUT2D eigenvalue weighted by Gasteiger charge is -2.44. The van der Waals surface area contributed by atoms with Crippen molar-refractivity contribution < 1.29 is 44.7 Å². The van der Waals surface area contributed by atoms with Gasteiger partial charge in [0.25, 0.3) is 0 Å². The van der Waals surface area contributed by atoms with Crippen LogP contribution in [0.4, 0.5) is 35.1 Å². The molecule has 0 fully saturated rings. The van der Waals surface area contributed by atoms with Gasteiger partial charge >= 0.3 is 30.2 Å². The summed E-state index contributed by atoms with van der Waals surface area (Å²) in [6.45, 7) is 9.21. The van der Waals surface area contributed by atoms with E-state index in [0.29, 0.717) is 6.42 Å². The highest BCUT2D eigenvalue weighted by Gasteiger charge is 2.75. The molecule has 28 heavy (non-hydrogen) atoms. The molecule has 2 nitrogen and oxygen atoms in total. The third kappa shape index (κ3) is 5.09. The number of alkyl halides is 8. The molecule has 0 saturated heterocycles. The summed E-state index contributed by atoms with van der Waals surface area (Å²) >= 11 is 0. The van der Waals surface area contributed by atoms with Crippen LogP contribution in [-0.4, -0.2) is 36.8 Å². The van der Waals surface area contributed by atoms with Gasteiger partial charge in [0.05, 0.1) is 5.41 Å². The van der Waals surface area contributed by atoms with Crippen molar-refractivity contribution in [1.29, 1.82) is 0 Å². The Morgan fingerprint density at radius 1 is 0.893 bits per heavy atom. The van der Waals surface area contributed by atoms with Crippen molar-refractivity contribution in [3.8, 4) is 0 Å². The fraction of sp³-hybridized carbons (Fsp3) is 0.944. The molecular formula is C18H28F8O2. The first-order valence-electron chi connectivity index (χ1n) is 8.68. The highest BCUT2D eigenvalue weighted by molar-refractivity contribution is 5.77. The summed E-state index contributed by atoms with van der Waals surface area (Å²) in [5, 5.41) is 0. The zero-order valence-electron chi connectivity index (χ0n) is 17.0. The van der Waals surface area contributed by atoms with E-state index in [-0.39, 0.29) is 6.42 Å². The third-order valence-electron chi connectivity index (χ3n) is 5.43. The van der Waals surface area contributed by atoms with Crippen LogP contribution in [0.3, 0.4) is 0 Å². The van der Waals surface area contributed by atoms with Gasteiger partial charge in [-0.3, -0.25) is 4.79 Å². The minimum Gasteiger partial charge on any atom is -0.459 e. The lowest BCUT2D eigenvalue weighted by atomic mass is 9.60. The number of hydrogen-bond donors (Lipinski definition) is 0. The average Bonchev–Trinajstić information content (AvgIpc) is 2.50. The van der Waals surface area contributed by atoms with E-state index in [1.165, 1.54) is 6.92 Å². The smallest absolute Gasteiger partial charge is 0.381 e. The Hall–Kier alpha value is -1.09. The van der Waals surface area contributed by atoms with Gasteiger partial charge in [0.1, 0.15) is 0 Å². The minimum atomic E-state index is -6.41. The largest absolute Gasteiger partial charge is 0.459 e. The van der Waals surface area contributed by atoms with Gasteiger partial charge < -0.3 is 4.74 Å². The first kappa shape index (κ1) is 26.9. The molecule has 0 aliphatic heterocycles. The van der Waals surface area contributed by atoms with Gasteiger partial charge in [-0.1, -0.05) is 48.0 Å². The van der Waals surface area contributed by atoms with Crippen LogP contribution in [0.5, 0.6) is 0 Å². The maximum Gasteiger partial charge on any atom is 0.381 e. The van der Waals surface area contributed by atoms with E-state index < -0.39 is 53.0 Å². The molecule has 0 N–H and O–H groups in total. The zero-order chi connectivity index (χ0) is 23.0. The predicted octanol–water partition coefficient (Wildman–Crippen LogP) is 6.58. The van der Waals surface area contributed by atoms with Gasteiger partial charge in [-0.25, -0.2) is 8.78 Å². The van der Waals surface area contributed by atoms with Gasteiger partial charge in [-0.15, -0.1) is 0 Å². The Labute approximate surface area is 160 Å². The number of rotatable bonds is 9. The summed E-state index contributed by atoms with van der Waals surface area (Å²) < 4.78 is 108. The molecule has 0 spiro atoms. The lowest BCUT2D eigenvalue weighted by molar-refractivity contribution is -0.344. The van der Waals surface area contributed by atoms with Crippen LogP contribution in [0.1, 0.15) is 61.3 Å². The van der Waals surface area contributed by atoms with Gasteiger partial charge in [-0.2, -0.15) is 26.3 Å². The third-order valence-corrected chi connectivity index (χ3v) is 5.43. The van der Waals surface area contributed by atoms with Crippen LogP contribution in [0.25, 0.3) is 0 Å². The maximum absolute atomic E-state index is 13.7. The molecule has 0 heterocycles. The van der Waals surface area contributed by atoms with E-state index >= 15 is 0 Å². The molecule has 0 rings (SSSR count). The van der Waals surface area contributed by atoms with E-state index in [1.807, 2.05) is 6.92 Å². The van der Waals surface area contributed by atoms with Crippen molar-refractivity contribution in [3.63, 3.8) is 0 Å². The second-order valence-corrected chi connectivity index (χ2v) is 9.06. The molecule has 0 aromatic carbocycles. The van der Waals surface area contributed by atoms with Crippen molar-refractivity contribution in [2.45, 2.75) is 85.5 Å². The molecular weight excluding hydrogens is 400 g/mol. The number of halogens is 8. The van der Waals surface area contributed by atoms with E-state index in [1.54, 1.807) is 34.6 Å². The van der Waals surface area contributed by atoms with Gasteiger partial charge in [0, 0.05) is 0 Å². The summed E-state index contributed by atoms with van der Waals surface area (Å²) in [5.74, 6) is -19.7. The monoisotopic (exact) mass is 428 g/mol. The van der Waals surface area contributed by atoms with Crippen molar-refractivity contribution in [3.05, 3.63) is 0 Å². The predicted molar refractivity (Wildman–Crippen MR) is 88.1 cm³/mol. The van der Waals surface area contributed by atoms with Crippen LogP contribution in [0.2, 0.25) is 0 Å². The zero-order valence-corrected chi connectivity index (χ0v) is 17.0. The van der Waals surface area contributed by atoms with E-state index in [9.17, 15) is 39.9 Å². The first-order valence-corrected chi connectivity index (χ1v) is 8.68. The van der Waals surface area contributed by atoms with Crippen molar-refractivity contribution in [1.82, 2.24) is 0 Å². The van der Waals surface area contributed by atoms with Crippen LogP contribution in [0, 0.1) is 16.2 Å². The first-order chi connectivity index (χ1) is 12.1. The molecule has 0 aromatic heterocycles. The molecule has 168 valence electrons. The summed E-state index contributed by atoms with van der Waals surface area (Å²) in [7, 11) is 0. The molecule has 0 radical (unpaired) electrons. The number of carbonyl (C=O) groups excluding carboxylic acids is 1.